The minimum Gasteiger partial charge on any atom is -0.409 e. The Balaban J connectivity index is 2.19. The van der Waals surface area contributed by atoms with E-state index in [9.17, 15) is 0 Å². The van der Waals surface area contributed by atoms with E-state index < -0.39 is 8.32 Å². The van der Waals surface area contributed by atoms with Crippen molar-refractivity contribution in [3.8, 4) is 0 Å². The zero-order valence-corrected chi connectivity index (χ0v) is 17.9. The molecule has 0 aromatic heterocycles. The average molecular weight is 388 g/mol. The molecular weight excluding hydrogens is 357 g/mol. The first-order valence-corrected chi connectivity index (χ1v) is 12.5. The molecule has 1 fully saturated rings. The first-order valence-electron chi connectivity index (χ1n) is 9.21. The van der Waals surface area contributed by atoms with Crippen molar-refractivity contribution in [3.63, 3.8) is 0 Å². The zero-order valence-electron chi connectivity index (χ0n) is 15.4. The van der Waals surface area contributed by atoms with Crippen molar-refractivity contribution < 1.29 is 4.43 Å². The minimum absolute atomic E-state index is 0.0694. The van der Waals surface area contributed by atoms with Crippen LogP contribution in [0.5, 0.6) is 0 Å². The van der Waals surface area contributed by atoms with E-state index >= 15 is 0 Å². The third-order valence-electron chi connectivity index (χ3n) is 5.63. The van der Waals surface area contributed by atoms with Crippen LogP contribution in [0.3, 0.4) is 0 Å². The quantitative estimate of drug-likeness (QED) is 0.465. The van der Waals surface area contributed by atoms with Crippen LogP contribution in [0.1, 0.15) is 52.2 Å². The van der Waals surface area contributed by atoms with Gasteiger partial charge in [0.2, 0.25) is 0 Å². The Hall–Kier alpha value is -0.0631. The van der Waals surface area contributed by atoms with Gasteiger partial charge in [0, 0.05) is 28.7 Å². The fourth-order valence-electron chi connectivity index (χ4n) is 3.22. The van der Waals surface area contributed by atoms with Gasteiger partial charge in [-0.05, 0) is 48.5 Å². The molecule has 1 unspecified atom stereocenters. The summed E-state index contributed by atoms with van der Waals surface area (Å²) in [5, 5.41) is 5.03. The van der Waals surface area contributed by atoms with Crippen molar-refractivity contribution in [3.05, 3.63) is 33.8 Å². The first kappa shape index (κ1) is 20.3. The van der Waals surface area contributed by atoms with Gasteiger partial charge in [-0.1, -0.05) is 57.0 Å². The predicted molar refractivity (Wildman–Crippen MR) is 108 cm³/mol. The normalized spacial score (nSPS) is 17.8. The fraction of sp³-hybridized carbons (Fsp3) is 0.684. The Labute approximate surface area is 158 Å². The van der Waals surface area contributed by atoms with E-state index in [-0.39, 0.29) is 6.10 Å². The van der Waals surface area contributed by atoms with Gasteiger partial charge in [-0.3, -0.25) is 0 Å². The third kappa shape index (κ3) is 4.98. The number of hydrogen-bond donors (Lipinski definition) is 1. The van der Waals surface area contributed by atoms with Crippen molar-refractivity contribution in [2.45, 2.75) is 64.8 Å². The van der Waals surface area contributed by atoms with E-state index in [1.807, 2.05) is 18.2 Å². The summed E-state index contributed by atoms with van der Waals surface area (Å²) >= 11 is 13.0. The SMILES string of the molecule is CC[Si](CC)(CC)OC(CNCC1(C)CC1)c1c(Cl)cccc1Cl. The van der Waals surface area contributed by atoms with Gasteiger partial charge in [-0.2, -0.15) is 0 Å². The molecule has 1 N–H and O–H groups in total. The molecule has 0 spiro atoms. The highest BCUT2D eigenvalue weighted by molar-refractivity contribution is 6.73. The van der Waals surface area contributed by atoms with Crippen LogP contribution < -0.4 is 5.32 Å². The van der Waals surface area contributed by atoms with E-state index in [0.29, 0.717) is 15.5 Å². The smallest absolute Gasteiger partial charge is 0.192 e. The van der Waals surface area contributed by atoms with Gasteiger partial charge < -0.3 is 9.74 Å². The highest BCUT2D eigenvalue weighted by Crippen LogP contribution is 2.44. The monoisotopic (exact) mass is 387 g/mol. The Morgan fingerprint density at radius 1 is 1.12 bits per heavy atom. The molecule has 1 aliphatic rings. The van der Waals surface area contributed by atoms with Crippen LogP contribution in [0.25, 0.3) is 0 Å². The number of nitrogens with one attached hydrogen (secondary N) is 1. The van der Waals surface area contributed by atoms with E-state index in [1.165, 1.54) is 12.8 Å². The standard InChI is InChI=1S/C19H31Cl2NOSi/c1-5-24(6-2,7-3)23-17(13-22-14-19(4)11-12-19)18-15(20)9-8-10-16(18)21/h8-10,17,22H,5-7,11-14H2,1-4H3. The van der Waals surface area contributed by atoms with Crippen LogP contribution in [0, 0.1) is 5.41 Å². The maximum atomic E-state index is 6.78. The van der Waals surface area contributed by atoms with Gasteiger partial charge >= 0.3 is 0 Å². The van der Waals surface area contributed by atoms with E-state index in [1.54, 1.807) is 0 Å². The molecular formula is C19H31Cl2NOSi. The van der Waals surface area contributed by atoms with Crippen LogP contribution >= 0.6 is 23.2 Å². The van der Waals surface area contributed by atoms with Gasteiger partial charge in [0.15, 0.2) is 8.32 Å². The largest absolute Gasteiger partial charge is 0.409 e. The molecule has 1 aliphatic carbocycles. The lowest BCUT2D eigenvalue weighted by molar-refractivity contribution is 0.184. The van der Waals surface area contributed by atoms with Crippen molar-refractivity contribution in [1.82, 2.24) is 5.32 Å². The molecule has 0 aliphatic heterocycles. The molecule has 0 radical (unpaired) electrons. The Morgan fingerprint density at radius 3 is 2.12 bits per heavy atom. The Bertz CT molecular complexity index is 516. The average Bonchev–Trinajstić information content (AvgIpc) is 3.29. The second-order valence-electron chi connectivity index (χ2n) is 7.43. The summed E-state index contributed by atoms with van der Waals surface area (Å²) in [5.74, 6) is 0. The second-order valence-corrected chi connectivity index (χ2v) is 13.0. The van der Waals surface area contributed by atoms with Gasteiger partial charge in [-0.25, -0.2) is 0 Å². The van der Waals surface area contributed by atoms with Crippen molar-refractivity contribution in [2.24, 2.45) is 5.41 Å². The topological polar surface area (TPSA) is 21.3 Å². The zero-order chi connectivity index (χ0) is 17.8. The van der Waals surface area contributed by atoms with Gasteiger partial charge in [0.1, 0.15) is 0 Å². The van der Waals surface area contributed by atoms with Gasteiger partial charge in [0.25, 0.3) is 0 Å². The summed E-state index contributed by atoms with van der Waals surface area (Å²) in [4.78, 5) is 0. The molecule has 1 saturated carbocycles. The summed E-state index contributed by atoms with van der Waals surface area (Å²) in [6.45, 7) is 10.9. The molecule has 0 bridgehead atoms. The number of hydrogen-bond acceptors (Lipinski definition) is 2. The van der Waals surface area contributed by atoms with Crippen LogP contribution in [0.4, 0.5) is 0 Å². The van der Waals surface area contributed by atoms with Crippen LogP contribution in [0.2, 0.25) is 28.2 Å². The van der Waals surface area contributed by atoms with Crippen molar-refractivity contribution in [2.75, 3.05) is 13.1 Å². The fourth-order valence-corrected chi connectivity index (χ4v) is 6.66. The molecule has 0 saturated heterocycles. The summed E-state index contributed by atoms with van der Waals surface area (Å²) < 4.78 is 6.78. The molecule has 2 rings (SSSR count). The first-order chi connectivity index (χ1) is 11.4. The van der Waals surface area contributed by atoms with Crippen LogP contribution in [0.15, 0.2) is 18.2 Å². The molecule has 0 amide bonds. The maximum Gasteiger partial charge on any atom is 0.192 e. The highest BCUT2D eigenvalue weighted by atomic mass is 35.5. The molecule has 5 heteroatoms. The molecule has 1 aromatic carbocycles. The van der Waals surface area contributed by atoms with Crippen LogP contribution in [-0.4, -0.2) is 21.4 Å². The minimum atomic E-state index is -1.75. The lowest BCUT2D eigenvalue weighted by Crippen LogP contribution is -2.40. The Morgan fingerprint density at radius 2 is 1.67 bits per heavy atom. The summed E-state index contributed by atoms with van der Waals surface area (Å²) in [5.41, 5.74) is 1.42. The second kappa shape index (κ2) is 8.55. The molecule has 2 nitrogen and oxygen atoms in total. The predicted octanol–water partition coefficient (Wildman–Crippen LogP) is 6.45. The van der Waals surface area contributed by atoms with Gasteiger partial charge in [0.05, 0.1) is 6.10 Å². The summed E-state index contributed by atoms with van der Waals surface area (Å²) in [7, 11) is -1.75. The van der Waals surface area contributed by atoms with E-state index in [0.717, 1.165) is 36.8 Å². The third-order valence-corrected chi connectivity index (χ3v) is 10.9. The van der Waals surface area contributed by atoms with Crippen molar-refractivity contribution >= 4 is 31.5 Å². The molecule has 0 heterocycles. The highest BCUT2D eigenvalue weighted by Gasteiger charge is 2.38. The lowest BCUT2D eigenvalue weighted by atomic mass is 10.1. The van der Waals surface area contributed by atoms with Crippen molar-refractivity contribution in [1.29, 1.82) is 0 Å². The lowest BCUT2D eigenvalue weighted by Gasteiger charge is -2.34. The molecule has 1 atom stereocenters. The van der Waals surface area contributed by atoms with E-state index in [2.05, 4.69) is 33.0 Å². The summed E-state index contributed by atoms with van der Waals surface area (Å²) in [6, 6.07) is 9.08. The number of rotatable bonds is 10. The number of halogens is 2. The molecule has 136 valence electrons. The molecule has 24 heavy (non-hydrogen) atoms. The number of benzene rings is 1. The summed E-state index contributed by atoms with van der Waals surface area (Å²) in [6.07, 6.45) is 2.56. The van der Waals surface area contributed by atoms with Gasteiger partial charge in [-0.15, -0.1) is 0 Å². The van der Waals surface area contributed by atoms with Crippen LogP contribution in [-0.2, 0) is 4.43 Å². The van der Waals surface area contributed by atoms with E-state index in [4.69, 9.17) is 27.6 Å². The molecule has 1 aromatic rings. The Kier molecular flexibility index (Phi) is 7.21. The maximum absolute atomic E-state index is 6.78.